The summed E-state index contributed by atoms with van der Waals surface area (Å²) in [7, 11) is -1.93. The number of methoxy groups -OCH3 is 1. The number of nitrogens with one attached hydrogen (secondary N) is 1. The third-order valence-corrected chi connectivity index (χ3v) is 5.00. The van der Waals surface area contributed by atoms with Crippen molar-refractivity contribution in [3.05, 3.63) is 82.1 Å². The van der Waals surface area contributed by atoms with Crippen LogP contribution < -0.4 is 9.46 Å². The molecule has 2 aromatic carbocycles. The van der Waals surface area contributed by atoms with Crippen molar-refractivity contribution in [1.29, 1.82) is 0 Å². The maximum absolute atomic E-state index is 14.3. The van der Waals surface area contributed by atoms with Crippen LogP contribution in [0.2, 0.25) is 5.02 Å². The van der Waals surface area contributed by atoms with Gasteiger partial charge in [0.15, 0.2) is 5.82 Å². The molecule has 0 aliphatic heterocycles. The summed E-state index contributed by atoms with van der Waals surface area (Å²) in [5.74, 6) is 0.429. The molecule has 0 saturated heterocycles. The van der Waals surface area contributed by atoms with Gasteiger partial charge in [0.25, 0.3) is 0 Å². The van der Waals surface area contributed by atoms with Crippen molar-refractivity contribution < 1.29 is 17.5 Å². The fraction of sp³-hybridized carbons (Fsp3) is 0.200. The average Bonchev–Trinajstić information content (AvgIpc) is 2.65. The van der Waals surface area contributed by atoms with Gasteiger partial charge in [-0.1, -0.05) is 35.9 Å². The van der Waals surface area contributed by atoms with E-state index in [1.54, 1.807) is 36.4 Å². The second-order valence-corrected chi connectivity index (χ2v) is 8.59. The van der Waals surface area contributed by atoms with Crippen LogP contribution in [0.5, 0.6) is 5.75 Å². The molecule has 0 amide bonds. The van der Waals surface area contributed by atoms with Crippen LogP contribution in [0.25, 0.3) is 0 Å². The largest absolute Gasteiger partial charge is 0.495 e. The van der Waals surface area contributed by atoms with Crippen LogP contribution in [0.1, 0.15) is 22.6 Å². The smallest absolute Gasteiger partial charge is 0.229 e. The highest BCUT2D eigenvalue weighted by atomic mass is 35.5. The van der Waals surface area contributed by atoms with Crippen molar-refractivity contribution in [2.45, 2.75) is 12.8 Å². The molecule has 1 heterocycles. The van der Waals surface area contributed by atoms with Crippen LogP contribution in [0.3, 0.4) is 0 Å². The minimum atomic E-state index is -3.46. The number of hydrogen-bond donors (Lipinski definition) is 1. The van der Waals surface area contributed by atoms with E-state index in [1.807, 2.05) is 6.07 Å². The maximum Gasteiger partial charge on any atom is 0.229 e. The Morgan fingerprint density at radius 3 is 2.62 bits per heavy atom. The molecule has 1 aromatic heterocycles. The number of halogens is 2. The number of ether oxygens (including phenoxy) is 1. The minimum absolute atomic E-state index is 0.114. The molecule has 3 aromatic rings. The Morgan fingerprint density at radius 2 is 1.93 bits per heavy atom. The van der Waals surface area contributed by atoms with Crippen molar-refractivity contribution in [3.63, 3.8) is 0 Å². The quantitative estimate of drug-likeness (QED) is 0.610. The van der Waals surface area contributed by atoms with Crippen LogP contribution >= 0.6 is 11.6 Å². The van der Waals surface area contributed by atoms with Crippen LogP contribution in [0.4, 0.5) is 10.1 Å². The van der Waals surface area contributed by atoms with Gasteiger partial charge in [-0.15, -0.1) is 0 Å². The zero-order valence-electron chi connectivity index (χ0n) is 15.8. The SMILES string of the molecule is COc1ccc(Cc2ncc(F)c(Cc3ccccc3NS(C)(=O)=O)n2)cc1Cl. The third-order valence-electron chi connectivity index (χ3n) is 4.12. The predicted molar refractivity (Wildman–Crippen MR) is 111 cm³/mol. The Bertz CT molecular complexity index is 1140. The zero-order chi connectivity index (χ0) is 21.0. The first-order chi connectivity index (χ1) is 13.7. The standard InChI is InChI=1S/C20H19ClFN3O3S/c1-28-19-8-7-13(9-15(19)21)10-20-23-12-16(22)18(24-20)11-14-5-3-4-6-17(14)25-29(2,26)27/h3-9,12,25H,10-11H2,1-2H3. The van der Waals surface area contributed by atoms with Crippen molar-refractivity contribution in [3.8, 4) is 5.75 Å². The van der Waals surface area contributed by atoms with Crippen molar-refractivity contribution in [1.82, 2.24) is 9.97 Å². The van der Waals surface area contributed by atoms with Crippen LogP contribution in [-0.4, -0.2) is 31.8 Å². The summed E-state index contributed by atoms with van der Waals surface area (Å²) in [6.45, 7) is 0. The fourth-order valence-corrected chi connectivity index (χ4v) is 3.69. The van der Waals surface area contributed by atoms with Gasteiger partial charge in [-0.25, -0.2) is 22.8 Å². The minimum Gasteiger partial charge on any atom is -0.495 e. The van der Waals surface area contributed by atoms with E-state index in [-0.39, 0.29) is 12.1 Å². The first kappa shape index (κ1) is 21.0. The summed E-state index contributed by atoms with van der Waals surface area (Å²) in [5, 5.41) is 0.466. The molecule has 6 nitrogen and oxygen atoms in total. The van der Waals surface area contributed by atoms with Crippen molar-refractivity contribution in [2.24, 2.45) is 0 Å². The van der Waals surface area contributed by atoms with Gasteiger partial charge >= 0.3 is 0 Å². The summed E-state index contributed by atoms with van der Waals surface area (Å²) in [5.41, 5.74) is 2.02. The normalized spacial score (nSPS) is 11.3. The Morgan fingerprint density at radius 1 is 1.17 bits per heavy atom. The molecule has 0 unspecified atom stereocenters. The number of rotatable bonds is 7. The number of nitrogens with zero attached hydrogens (tertiary/aromatic N) is 2. The highest BCUT2D eigenvalue weighted by Gasteiger charge is 2.13. The summed E-state index contributed by atoms with van der Waals surface area (Å²) < 4.78 is 45.0. The van der Waals surface area contributed by atoms with E-state index in [0.717, 1.165) is 18.0 Å². The number of aromatic nitrogens is 2. The lowest BCUT2D eigenvalue weighted by molar-refractivity contribution is 0.415. The van der Waals surface area contributed by atoms with E-state index in [2.05, 4.69) is 14.7 Å². The molecular formula is C20H19ClFN3O3S. The van der Waals surface area contributed by atoms with Gasteiger partial charge in [0, 0.05) is 12.8 Å². The number of anilines is 1. The van der Waals surface area contributed by atoms with E-state index < -0.39 is 15.8 Å². The first-order valence-electron chi connectivity index (χ1n) is 8.63. The molecule has 0 spiro atoms. The Hall–Kier alpha value is -2.71. The van der Waals surface area contributed by atoms with Gasteiger partial charge < -0.3 is 4.74 Å². The average molecular weight is 436 g/mol. The van der Waals surface area contributed by atoms with E-state index in [4.69, 9.17) is 16.3 Å². The molecule has 0 radical (unpaired) electrons. The molecular weight excluding hydrogens is 417 g/mol. The molecule has 0 aliphatic rings. The van der Waals surface area contributed by atoms with E-state index >= 15 is 0 Å². The van der Waals surface area contributed by atoms with Gasteiger partial charge in [-0.3, -0.25) is 4.72 Å². The Labute approximate surface area is 173 Å². The topological polar surface area (TPSA) is 81.2 Å². The molecule has 0 saturated carbocycles. The van der Waals surface area contributed by atoms with Crippen LogP contribution in [-0.2, 0) is 22.9 Å². The number of benzene rings is 2. The van der Waals surface area contributed by atoms with Gasteiger partial charge in [0.2, 0.25) is 10.0 Å². The summed E-state index contributed by atoms with van der Waals surface area (Å²) in [6.07, 6.45) is 2.66. The van der Waals surface area contributed by atoms with Crippen LogP contribution in [0, 0.1) is 5.82 Å². The van der Waals surface area contributed by atoms with E-state index in [0.29, 0.717) is 34.3 Å². The second kappa shape index (κ2) is 8.75. The molecule has 0 atom stereocenters. The van der Waals surface area contributed by atoms with Gasteiger partial charge in [0.1, 0.15) is 11.6 Å². The summed E-state index contributed by atoms with van der Waals surface area (Å²) in [4.78, 5) is 8.39. The number of sulfonamides is 1. The van der Waals surface area contributed by atoms with Gasteiger partial charge in [-0.05, 0) is 29.3 Å². The van der Waals surface area contributed by atoms with Gasteiger partial charge in [0.05, 0.1) is 36.0 Å². The molecule has 0 aliphatic carbocycles. The molecule has 1 N–H and O–H groups in total. The van der Waals surface area contributed by atoms with E-state index in [9.17, 15) is 12.8 Å². The molecule has 9 heteroatoms. The van der Waals surface area contributed by atoms with E-state index in [1.165, 1.54) is 7.11 Å². The summed E-state index contributed by atoms with van der Waals surface area (Å²) in [6, 6.07) is 12.1. The molecule has 29 heavy (non-hydrogen) atoms. The number of hydrogen-bond acceptors (Lipinski definition) is 5. The Balaban J connectivity index is 1.86. The predicted octanol–water partition coefficient (Wildman–Crippen LogP) is 3.83. The molecule has 0 bridgehead atoms. The zero-order valence-corrected chi connectivity index (χ0v) is 17.4. The lowest BCUT2D eigenvalue weighted by Crippen LogP contribution is -2.12. The first-order valence-corrected chi connectivity index (χ1v) is 10.9. The molecule has 3 rings (SSSR count). The fourth-order valence-electron chi connectivity index (χ4n) is 2.81. The van der Waals surface area contributed by atoms with Crippen molar-refractivity contribution in [2.75, 3.05) is 18.1 Å². The Kier molecular flexibility index (Phi) is 6.34. The molecule has 152 valence electrons. The lowest BCUT2D eigenvalue weighted by atomic mass is 10.1. The number of para-hydroxylation sites is 1. The van der Waals surface area contributed by atoms with Crippen LogP contribution in [0.15, 0.2) is 48.7 Å². The summed E-state index contributed by atoms with van der Waals surface area (Å²) >= 11 is 6.15. The van der Waals surface area contributed by atoms with Gasteiger partial charge in [-0.2, -0.15) is 0 Å². The maximum atomic E-state index is 14.3. The highest BCUT2D eigenvalue weighted by molar-refractivity contribution is 7.92. The lowest BCUT2D eigenvalue weighted by Gasteiger charge is -2.11. The second-order valence-electron chi connectivity index (χ2n) is 6.43. The highest BCUT2D eigenvalue weighted by Crippen LogP contribution is 2.26. The monoisotopic (exact) mass is 435 g/mol. The van der Waals surface area contributed by atoms with Crippen molar-refractivity contribution >= 4 is 27.3 Å². The third kappa shape index (κ3) is 5.65. The molecule has 0 fully saturated rings.